The van der Waals surface area contributed by atoms with E-state index >= 15 is 0 Å². The lowest BCUT2D eigenvalue weighted by Crippen LogP contribution is -1.83. The van der Waals surface area contributed by atoms with Crippen molar-refractivity contribution in [3.05, 3.63) is 78.9 Å². The zero-order valence-electron chi connectivity index (χ0n) is 12.5. The van der Waals surface area contributed by atoms with Crippen molar-refractivity contribution in [3.63, 3.8) is 0 Å². The first-order valence-electron chi connectivity index (χ1n) is 7.75. The van der Waals surface area contributed by atoms with Crippen LogP contribution in [-0.2, 0) is 0 Å². The van der Waals surface area contributed by atoms with E-state index in [9.17, 15) is 0 Å². The van der Waals surface area contributed by atoms with Crippen molar-refractivity contribution in [2.45, 2.75) is 0 Å². The van der Waals surface area contributed by atoms with Crippen molar-refractivity contribution in [2.24, 2.45) is 0 Å². The van der Waals surface area contributed by atoms with Crippen molar-refractivity contribution in [1.82, 2.24) is 10.2 Å². The zero-order valence-corrected chi connectivity index (χ0v) is 12.5. The number of fused-ring (bicyclic) bond motifs is 3. The smallest absolute Gasteiger partial charge is 0.101 e. The van der Waals surface area contributed by atoms with Gasteiger partial charge in [-0.2, -0.15) is 5.10 Å². The van der Waals surface area contributed by atoms with E-state index in [1.54, 1.807) is 0 Å². The Morgan fingerprint density at radius 3 is 2.26 bits per heavy atom. The predicted octanol–water partition coefficient (Wildman–Crippen LogP) is 5.54. The molecule has 0 radical (unpaired) electrons. The fourth-order valence-corrected chi connectivity index (χ4v) is 3.34. The Morgan fingerprint density at radius 1 is 0.609 bits per heavy atom. The van der Waals surface area contributed by atoms with Crippen LogP contribution in [0.25, 0.3) is 43.7 Å². The molecule has 4 aromatic carbocycles. The summed E-state index contributed by atoms with van der Waals surface area (Å²) >= 11 is 0. The molecule has 0 fully saturated rings. The van der Waals surface area contributed by atoms with Crippen molar-refractivity contribution in [3.8, 4) is 11.3 Å². The Hall–Kier alpha value is -3.13. The summed E-state index contributed by atoms with van der Waals surface area (Å²) < 4.78 is 0. The van der Waals surface area contributed by atoms with Crippen LogP contribution in [0.5, 0.6) is 0 Å². The highest BCUT2D eigenvalue weighted by atomic mass is 15.1. The van der Waals surface area contributed by atoms with E-state index in [0.717, 1.165) is 16.6 Å². The quantitative estimate of drug-likeness (QED) is 0.404. The minimum absolute atomic E-state index is 1.02. The van der Waals surface area contributed by atoms with Gasteiger partial charge >= 0.3 is 0 Å². The van der Waals surface area contributed by atoms with Gasteiger partial charge < -0.3 is 0 Å². The van der Waals surface area contributed by atoms with Gasteiger partial charge in [-0.3, -0.25) is 5.10 Å². The van der Waals surface area contributed by atoms with Gasteiger partial charge in [-0.25, -0.2) is 0 Å². The third kappa shape index (κ3) is 1.85. The Balaban J connectivity index is 1.89. The number of aromatic amines is 1. The number of hydrogen-bond acceptors (Lipinski definition) is 1. The van der Waals surface area contributed by atoms with Gasteiger partial charge in [-0.15, -0.1) is 0 Å². The number of H-pyrrole nitrogens is 1. The van der Waals surface area contributed by atoms with Crippen LogP contribution in [0.4, 0.5) is 0 Å². The topological polar surface area (TPSA) is 28.7 Å². The predicted molar refractivity (Wildman–Crippen MR) is 96.5 cm³/mol. The summed E-state index contributed by atoms with van der Waals surface area (Å²) in [5, 5.41) is 13.9. The van der Waals surface area contributed by atoms with E-state index in [1.807, 2.05) is 6.07 Å². The average molecular weight is 294 g/mol. The second-order valence-corrected chi connectivity index (χ2v) is 5.84. The van der Waals surface area contributed by atoms with Gasteiger partial charge in [0.15, 0.2) is 0 Å². The highest BCUT2D eigenvalue weighted by Gasteiger charge is 2.11. The Bertz CT molecular complexity index is 1170. The van der Waals surface area contributed by atoms with Crippen LogP contribution < -0.4 is 0 Å². The van der Waals surface area contributed by atoms with E-state index < -0.39 is 0 Å². The lowest BCUT2D eigenvalue weighted by atomic mass is 9.97. The maximum Gasteiger partial charge on any atom is 0.101 e. The lowest BCUT2D eigenvalue weighted by Gasteiger charge is -2.07. The fourth-order valence-electron chi connectivity index (χ4n) is 3.34. The van der Waals surface area contributed by atoms with Gasteiger partial charge in [0.05, 0.1) is 5.52 Å². The first-order chi connectivity index (χ1) is 11.4. The van der Waals surface area contributed by atoms with E-state index in [0.29, 0.717) is 0 Å². The van der Waals surface area contributed by atoms with Crippen LogP contribution in [0, 0.1) is 0 Å². The van der Waals surface area contributed by atoms with Crippen LogP contribution in [0.15, 0.2) is 78.9 Å². The maximum absolute atomic E-state index is 4.57. The van der Waals surface area contributed by atoms with Crippen molar-refractivity contribution in [1.29, 1.82) is 0 Å². The average Bonchev–Trinajstić information content (AvgIpc) is 3.03. The fraction of sp³-hybridized carbons (Fsp3) is 0. The first-order valence-corrected chi connectivity index (χ1v) is 7.75. The monoisotopic (exact) mass is 294 g/mol. The van der Waals surface area contributed by atoms with Gasteiger partial charge in [0.2, 0.25) is 0 Å². The SMILES string of the molecule is c1ccc2cc3c(-c4n[nH]c5ccccc45)cccc3cc2c1. The van der Waals surface area contributed by atoms with Gasteiger partial charge in [-0.1, -0.05) is 60.7 Å². The van der Waals surface area contributed by atoms with E-state index in [4.69, 9.17) is 0 Å². The molecule has 0 unspecified atom stereocenters. The Labute approximate surface area is 133 Å². The molecule has 2 heteroatoms. The summed E-state index contributed by atoms with van der Waals surface area (Å²) in [5.74, 6) is 0. The van der Waals surface area contributed by atoms with Crippen LogP contribution in [-0.4, -0.2) is 10.2 Å². The molecule has 0 aliphatic heterocycles. The van der Waals surface area contributed by atoms with Gasteiger partial charge in [0.25, 0.3) is 0 Å². The highest BCUT2D eigenvalue weighted by Crippen LogP contribution is 2.34. The molecule has 108 valence electrons. The Morgan fingerprint density at radius 2 is 1.35 bits per heavy atom. The molecule has 23 heavy (non-hydrogen) atoms. The summed E-state index contributed by atoms with van der Waals surface area (Å²) in [7, 11) is 0. The number of nitrogens with zero attached hydrogens (tertiary/aromatic N) is 1. The summed E-state index contributed by atoms with van der Waals surface area (Å²) in [6, 6.07) is 27.7. The standard InChI is InChI=1S/C21H14N2/c1-2-7-15-13-19-16(12-14(15)6-1)8-5-10-17(19)21-18-9-3-4-11-20(18)22-23-21/h1-13H,(H,22,23). The lowest BCUT2D eigenvalue weighted by molar-refractivity contribution is 1.12. The zero-order chi connectivity index (χ0) is 15.2. The molecule has 1 aromatic heterocycles. The summed E-state index contributed by atoms with van der Waals surface area (Å²) in [6.07, 6.45) is 0. The molecular weight excluding hydrogens is 280 g/mol. The van der Waals surface area contributed by atoms with Gasteiger partial charge in [0, 0.05) is 10.9 Å². The molecule has 0 bridgehead atoms. The van der Waals surface area contributed by atoms with Crippen LogP contribution in [0.3, 0.4) is 0 Å². The second-order valence-electron chi connectivity index (χ2n) is 5.84. The third-order valence-electron chi connectivity index (χ3n) is 4.47. The van der Waals surface area contributed by atoms with Crippen molar-refractivity contribution >= 4 is 32.4 Å². The minimum atomic E-state index is 1.02. The molecule has 0 atom stereocenters. The number of nitrogens with one attached hydrogen (secondary N) is 1. The molecule has 1 N–H and O–H groups in total. The molecule has 0 amide bonds. The molecule has 0 aliphatic rings. The normalized spacial score (nSPS) is 11.5. The van der Waals surface area contributed by atoms with Gasteiger partial charge in [-0.05, 0) is 39.7 Å². The number of rotatable bonds is 1. The third-order valence-corrected chi connectivity index (χ3v) is 4.47. The highest BCUT2D eigenvalue weighted by molar-refractivity contribution is 6.08. The molecule has 0 saturated carbocycles. The number of benzene rings is 4. The largest absolute Gasteiger partial charge is 0.277 e. The van der Waals surface area contributed by atoms with Crippen LogP contribution >= 0.6 is 0 Å². The molecule has 5 aromatic rings. The van der Waals surface area contributed by atoms with E-state index in [1.165, 1.54) is 27.1 Å². The number of aromatic nitrogens is 2. The maximum atomic E-state index is 4.57. The number of para-hydroxylation sites is 1. The van der Waals surface area contributed by atoms with E-state index in [-0.39, 0.29) is 0 Å². The molecule has 2 nitrogen and oxygen atoms in total. The first kappa shape index (κ1) is 12.4. The molecule has 0 saturated heterocycles. The summed E-state index contributed by atoms with van der Waals surface area (Å²) in [4.78, 5) is 0. The summed E-state index contributed by atoms with van der Waals surface area (Å²) in [6.45, 7) is 0. The van der Waals surface area contributed by atoms with Crippen LogP contribution in [0.2, 0.25) is 0 Å². The van der Waals surface area contributed by atoms with E-state index in [2.05, 4.69) is 83.0 Å². The molecule has 5 rings (SSSR count). The number of hydrogen-bond donors (Lipinski definition) is 1. The van der Waals surface area contributed by atoms with Gasteiger partial charge in [0.1, 0.15) is 5.69 Å². The summed E-state index contributed by atoms with van der Waals surface area (Å²) in [5.41, 5.74) is 3.26. The van der Waals surface area contributed by atoms with Crippen molar-refractivity contribution in [2.75, 3.05) is 0 Å². The van der Waals surface area contributed by atoms with Crippen molar-refractivity contribution < 1.29 is 0 Å². The molecule has 1 heterocycles. The second kappa shape index (κ2) is 4.68. The molecule has 0 spiro atoms. The molecule has 0 aliphatic carbocycles. The van der Waals surface area contributed by atoms with Crippen LogP contribution in [0.1, 0.15) is 0 Å². The Kier molecular flexibility index (Phi) is 2.53. The minimum Gasteiger partial charge on any atom is -0.277 e. The molecular formula is C21H14N2.